The number of amides is 3. The number of fused-ring (bicyclic) bond motifs is 4. The predicted octanol–water partition coefficient (Wildman–Crippen LogP) is 5.07. The van der Waals surface area contributed by atoms with Gasteiger partial charge in [0, 0.05) is 23.4 Å². The van der Waals surface area contributed by atoms with Gasteiger partial charge in [0.25, 0.3) is 0 Å². The fourth-order valence-electron chi connectivity index (χ4n) is 5.45. The Morgan fingerprint density at radius 1 is 1.07 bits per heavy atom. The number of aromatic nitrogens is 1. The molecule has 2 bridgehead atoms. The fraction of sp³-hybridized carbons (Fsp3) is 0.323. The van der Waals surface area contributed by atoms with Gasteiger partial charge in [-0.1, -0.05) is 37.1 Å². The normalized spacial score (nSPS) is 19.2. The molecule has 2 aromatic carbocycles. The molecule has 12 heteroatoms. The molecule has 3 aromatic rings. The van der Waals surface area contributed by atoms with Crippen molar-refractivity contribution in [3.63, 3.8) is 0 Å². The lowest BCUT2D eigenvalue weighted by atomic mass is 9.93. The number of esters is 1. The van der Waals surface area contributed by atoms with Crippen molar-refractivity contribution in [2.24, 2.45) is 5.92 Å². The Labute approximate surface area is 251 Å². The van der Waals surface area contributed by atoms with Crippen LogP contribution in [0.1, 0.15) is 43.5 Å². The van der Waals surface area contributed by atoms with Gasteiger partial charge in [-0.2, -0.15) is 0 Å². The molecule has 1 fully saturated rings. The van der Waals surface area contributed by atoms with E-state index in [4.69, 9.17) is 16.3 Å². The fourth-order valence-corrected chi connectivity index (χ4v) is 5.60. The van der Waals surface area contributed by atoms with Crippen LogP contribution in [0.2, 0.25) is 5.02 Å². The zero-order valence-electron chi connectivity index (χ0n) is 23.5. The summed E-state index contributed by atoms with van der Waals surface area (Å²) < 4.78 is 34.1. The van der Waals surface area contributed by atoms with E-state index in [2.05, 4.69) is 10.3 Å². The first-order valence-electron chi connectivity index (χ1n) is 13.8. The molecule has 5 rings (SSSR count). The maximum Gasteiger partial charge on any atom is 0.309 e. The molecule has 2 aliphatic rings. The molecule has 1 saturated heterocycles. The Morgan fingerprint density at radius 3 is 2.63 bits per heavy atom. The lowest BCUT2D eigenvalue weighted by Crippen LogP contribution is -2.55. The average Bonchev–Trinajstić information content (AvgIpc) is 2.98. The van der Waals surface area contributed by atoms with E-state index in [1.807, 2.05) is 0 Å². The minimum absolute atomic E-state index is 0.0317. The molecular weight excluding hydrogens is 582 g/mol. The number of pyridine rings is 1. The third-order valence-electron chi connectivity index (χ3n) is 7.80. The minimum atomic E-state index is -1.11. The van der Waals surface area contributed by atoms with E-state index in [1.54, 1.807) is 43.5 Å². The molecule has 224 valence electrons. The summed E-state index contributed by atoms with van der Waals surface area (Å²) in [6.07, 6.45) is 3.03. The van der Waals surface area contributed by atoms with E-state index >= 15 is 0 Å². The first-order chi connectivity index (χ1) is 20.6. The second kappa shape index (κ2) is 12.5. The zero-order chi connectivity index (χ0) is 30.8. The molecule has 0 spiro atoms. The number of hydrogen-bond donors (Lipinski definition) is 1. The first kappa shape index (κ1) is 30.1. The summed E-state index contributed by atoms with van der Waals surface area (Å²) >= 11 is 5.83. The number of halogens is 3. The quantitative estimate of drug-likeness (QED) is 0.326. The lowest BCUT2D eigenvalue weighted by molar-refractivity contribution is -0.141. The zero-order valence-corrected chi connectivity index (χ0v) is 24.3. The summed E-state index contributed by atoms with van der Waals surface area (Å²) in [5.41, 5.74) is 2.41. The Kier molecular flexibility index (Phi) is 8.72. The van der Waals surface area contributed by atoms with Crippen molar-refractivity contribution in [1.29, 1.82) is 0 Å². The van der Waals surface area contributed by atoms with Gasteiger partial charge < -0.3 is 15.0 Å². The van der Waals surface area contributed by atoms with Crippen molar-refractivity contribution in [2.45, 2.75) is 38.6 Å². The largest absolute Gasteiger partial charge is 0.469 e. The second-order valence-electron chi connectivity index (χ2n) is 10.6. The number of methoxy groups -OCH3 is 1. The number of piperazine rings is 1. The van der Waals surface area contributed by atoms with Crippen molar-refractivity contribution < 1.29 is 32.7 Å². The van der Waals surface area contributed by atoms with E-state index in [-0.39, 0.29) is 23.3 Å². The van der Waals surface area contributed by atoms with Crippen LogP contribution in [0.3, 0.4) is 0 Å². The van der Waals surface area contributed by atoms with Crippen LogP contribution in [0.5, 0.6) is 0 Å². The average molecular weight is 611 g/mol. The van der Waals surface area contributed by atoms with E-state index in [0.717, 1.165) is 17.0 Å². The van der Waals surface area contributed by atoms with Gasteiger partial charge in [0.05, 0.1) is 30.3 Å². The molecule has 9 nitrogen and oxygen atoms in total. The van der Waals surface area contributed by atoms with Crippen LogP contribution in [0.4, 0.5) is 20.2 Å². The number of rotatable bonds is 4. The third-order valence-corrected chi connectivity index (χ3v) is 8.09. The van der Waals surface area contributed by atoms with Gasteiger partial charge in [0.2, 0.25) is 17.7 Å². The number of hydrogen-bond acceptors (Lipinski definition) is 6. The van der Waals surface area contributed by atoms with Crippen molar-refractivity contribution >= 4 is 46.7 Å². The molecule has 0 aliphatic carbocycles. The number of carbonyl (C=O) groups excluding carboxylic acids is 4. The number of nitrogens with zero attached hydrogens (tertiary/aromatic N) is 3. The highest BCUT2D eigenvalue weighted by Crippen LogP contribution is 2.36. The van der Waals surface area contributed by atoms with Gasteiger partial charge in [0.1, 0.15) is 24.6 Å². The number of anilines is 2. The van der Waals surface area contributed by atoms with Crippen LogP contribution in [0, 0.1) is 17.6 Å². The Balaban J connectivity index is 1.51. The molecule has 43 heavy (non-hydrogen) atoms. The highest BCUT2D eigenvalue weighted by molar-refractivity contribution is 6.31. The van der Waals surface area contributed by atoms with Gasteiger partial charge in [-0.15, -0.1) is 0 Å². The first-order valence-corrected chi connectivity index (χ1v) is 14.2. The highest BCUT2D eigenvalue weighted by Gasteiger charge is 2.38. The van der Waals surface area contributed by atoms with Crippen molar-refractivity contribution in [3.05, 3.63) is 76.6 Å². The van der Waals surface area contributed by atoms with Crippen LogP contribution in [-0.4, -0.2) is 53.8 Å². The predicted molar refractivity (Wildman–Crippen MR) is 155 cm³/mol. The molecule has 2 atom stereocenters. The molecule has 0 unspecified atom stereocenters. The summed E-state index contributed by atoms with van der Waals surface area (Å²) in [5, 5.41) is 2.63. The van der Waals surface area contributed by atoms with E-state index in [0.29, 0.717) is 47.3 Å². The molecule has 3 heterocycles. The summed E-state index contributed by atoms with van der Waals surface area (Å²) in [4.78, 5) is 58.5. The van der Waals surface area contributed by atoms with Gasteiger partial charge in [-0.05, 0) is 54.3 Å². The molecule has 0 radical (unpaired) electrons. The maximum atomic E-state index is 14.7. The molecule has 3 amide bonds. The summed E-state index contributed by atoms with van der Waals surface area (Å²) in [6.45, 7) is 0.797. The Morgan fingerprint density at radius 2 is 1.86 bits per heavy atom. The van der Waals surface area contributed by atoms with Crippen molar-refractivity contribution in [3.8, 4) is 11.1 Å². The van der Waals surface area contributed by atoms with Crippen LogP contribution < -0.4 is 10.2 Å². The Hall–Kier alpha value is -4.38. The summed E-state index contributed by atoms with van der Waals surface area (Å²) in [6, 6.07) is 10.2. The van der Waals surface area contributed by atoms with E-state index < -0.39 is 54.2 Å². The molecule has 1 aromatic heterocycles. The SMILES string of the molecule is COC(=O)Cc1ccc2c(c1)NC(=O)[C@H](C)CCC[C@H](N1CC(=O)N(c3c(F)ccc(Cl)c3F)CC1=O)c1cc-2ccn1. The Bertz CT molecular complexity index is 1620. The highest BCUT2D eigenvalue weighted by atomic mass is 35.5. The smallest absolute Gasteiger partial charge is 0.309 e. The molecule has 1 N–H and O–H groups in total. The molecule has 0 saturated carbocycles. The molecule has 2 aliphatic heterocycles. The van der Waals surface area contributed by atoms with Gasteiger partial charge >= 0.3 is 5.97 Å². The van der Waals surface area contributed by atoms with Gasteiger partial charge in [0.15, 0.2) is 5.82 Å². The topological polar surface area (TPSA) is 109 Å². The lowest BCUT2D eigenvalue weighted by Gasteiger charge is -2.38. The van der Waals surface area contributed by atoms with Crippen LogP contribution in [0.15, 0.2) is 48.7 Å². The second-order valence-corrected chi connectivity index (χ2v) is 11.0. The standard InChI is InChI=1S/C31H29ClF2N4O5/c1-17-4-3-5-25(37-15-27(40)38(16-26(37)39)30-22(33)9-8-21(32)29(30)34)24-14-19(10-11-35-24)20-7-6-18(13-28(41)43-2)12-23(20)36-31(17)42/h6-12,14,17,25H,3-5,13,15-16H2,1-2H3,(H,36,42)/t17-,25+/m1/s1. The van der Waals surface area contributed by atoms with E-state index in [9.17, 15) is 28.0 Å². The maximum absolute atomic E-state index is 14.7. The molecular formula is C31H29ClF2N4O5. The van der Waals surface area contributed by atoms with Crippen LogP contribution in [-0.2, 0) is 30.3 Å². The number of benzene rings is 2. The number of carbonyl (C=O) groups is 4. The van der Waals surface area contributed by atoms with E-state index in [1.165, 1.54) is 12.0 Å². The third kappa shape index (κ3) is 6.22. The number of ether oxygens (including phenoxy) is 1. The van der Waals surface area contributed by atoms with Gasteiger partial charge in [-0.25, -0.2) is 8.78 Å². The summed E-state index contributed by atoms with van der Waals surface area (Å²) in [7, 11) is 1.31. The van der Waals surface area contributed by atoms with Crippen molar-refractivity contribution in [2.75, 3.05) is 30.4 Å². The monoisotopic (exact) mass is 610 g/mol. The van der Waals surface area contributed by atoms with Crippen LogP contribution >= 0.6 is 11.6 Å². The minimum Gasteiger partial charge on any atom is -0.469 e. The van der Waals surface area contributed by atoms with Gasteiger partial charge in [-0.3, -0.25) is 29.1 Å². The van der Waals surface area contributed by atoms with Crippen molar-refractivity contribution in [1.82, 2.24) is 9.88 Å². The van der Waals surface area contributed by atoms with Crippen LogP contribution in [0.25, 0.3) is 11.1 Å². The summed E-state index contributed by atoms with van der Waals surface area (Å²) in [5.74, 6) is -4.30. The number of nitrogens with one attached hydrogen (secondary N) is 1.